The summed E-state index contributed by atoms with van der Waals surface area (Å²) in [6.45, 7) is 2.44. The summed E-state index contributed by atoms with van der Waals surface area (Å²) in [5, 5.41) is 14.0. The summed E-state index contributed by atoms with van der Waals surface area (Å²) in [6.07, 6.45) is 4.59. The smallest absolute Gasteiger partial charge is 0.227 e. The third-order valence-electron chi connectivity index (χ3n) is 4.35. The van der Waals surface area contributed by atoms with Crippen LogP contribution in [0.15, 0.2) is 4.52 Å². The number of aromatic nitrogens is 2. The Morgan fingerprint density at radius 2 is 2.20 bits per heavy atom. The second-order valence-corrected chi connectivity index (χ2v) is 5.98. The molecule has 0 spiro atoms. The first-order valence-electron chi connectivity index (χ1n) is 7.53. The van der Waals surface area contributed by atoms with Crippen LogP contribution in [0.25, 0.3) is 0 Å². The van der Waals surface area contributed by atoms with Crippen LogP contribution in [0.5, 0.6) is 0 Å². The van der Waals surface area contributed by atoms with Crippen molar-refractivity contribution < 1.29 is 14.4 Å². The number of nitrogens with zero attached hydrogens (tertiary/aromatic N) is 3. The zero-order valence-electron chi connectivity index (χ0n) is 12.0. The second kappa shape index (κ2) is 6.20. The van der Waals surface area contributed by atoms with Gasteiger partial charge in [-0.15, -0.1) is 0 Å². The van der Waals surface area contributed by atoms with Crippen molar-refractivity contribution in [3.63, 3.8) is 0 Å². The minimum absolute atomic E-state index is 0.0949. The van der Waals surface area contributed by atoms with Crippen molar-refractivity contribution in [3.8, 4) is 0 Å². The molecule has 2 fully saturated rings. The van der Waals surface area contributed by atoms with E-state index >= 15 is 0 Å². The number of aliphatic hydroxyl groups excluding tert-OH is 1. The van der Waals surface area contributed by atoms with Gasteiger partial charge in [0.25, 0.3) is 0 Å². The van der Waals surface area contributed by atoms with Crippen LogP contribution in [-0.2, 0) is 11.2 Å². The fourth-order valence-corrected chi connectivity index (χ4v) is 3.07. The molecule has 2 heterocycles. The molecule has 1 saturated heterocycles. The molecule has 6 nitrogen and oxygen atoms in total. The summed E-state index contributed by atoms with van der Waals surface area (Å²) in [6, 6.07) is 0. The van der Waals surface area contributed by atoms with E-state index in [1.807, 2.05) is 0 Å². The molecule has 1 aliphatic carbocycles. The molecule has 20 heavy (non-hydrogen) atoms. The van der Waals surface area contributed by atoms with Crippen LogP contribution < -0.4 is 0 Å². The van der Waals surface area contributed by atoms with Crippen LogP contribution >= 0.6 is 0 Å². The van der Waals surface area contributed by atoms with Crippen LogP contribution in [0.2, 0.25) is 0 Å². The van der Waals surface area contributed by atoms with Crippen LogP contribution in [0.3, 0.4) is 0 Å². The maximum atomic E-state index is 10.00. The summed E-state index contributed by atoms with van der Waals surface area (Å²) >= 11 is 0. The highest BCUT2D eigenvalue weighted by Crippen LogP contribution is 2.27. The molecule has 0 radical (unpaired) electrons. The van der Waals surface area contributed by atoms with E-state index in [0.29, 0.717) is 24.7 Å². The molecule has 0 aromatic carbocycles. The highest BCUT2D eigenvalue weighted by molar-refractivity contribution is 4.95. The first-order valence-corrected chi connectivity index (χ1v) is 7.53. The standard InChI is InChI=1S/C14H23N3O3/c1-17-6-7-19-12(9-17)14-15-13(20-16-14)8-10-4-2-3-5-11(10)18/h10-12,18H,2-9H2,1H3. The van der Waals surface area contributed by atoms with E-state index in [4.69, 9.17) is 9.26 Å². The highest BCUT2D eigenvalue weighted by atomic mass is 16.5. The van der Waals surface area contributed by atoms with Crippen molar-refractivity contribution in [1.29, 1.82) is 0 Å². The molecule has 1 saturated carbocycles. The number of aliphatic hydroxyl groups is 1. The quantitative estimate of drug-likeness (QED) is 0.896. The van der Waals surface area contributed by atoms with Crippen molar-refractivity contribution in [2.45, 2.75) is 44.3 Å². The van der Waals surface area contributed by atoms with Crippen LogP contribution in [-0.4, -0.2) is 53.0 Å². The minimum atomic E-state index is -0.226. The molecule has 112 valence electrons. The van der Waals surface area contributed by atoms with E-state index in [1.165, 1.54) is 6.42 Å². The Bertz CT molecular complexity index is 437. The molecule has 3 atom stereocenters. The molecule has 6 heteroatoms. The third kappa shape index (κ3) is 3.19. The first kappa shape index (κ1) is 14.0. The molecule has 1 aromatic heterocycles. The van der Waals surface area contributed by atoms with Crippen molar-refractivity contribution in [2.75, 3.05) is 26.7 Å². The Balaban J connectivity index is 1.61. The predicted molar refractivity (Wildman–Crippen MR) is 72.2 cm³/mol. The normalized spacial score (nSPS) is 32.4. The van der Waals surface area contributed by atoms with Gasteiger partial charge >= 0.3 is 0 Å². The zero-order chi connectivity index (χ0) is 13.9. The molecule has 0 bridgehead atoms. The summed E-state index contributed by atoms with van der Waals surface area (Å²) in [5.74, 6) is 1.52. The Morgan fingerprint density at radius 3 is 3.00 bits per heavy atom. The predicted octanol–water partition coefficient (Wildman–Crippen LogP) is 1.17. The Morgan fingerprint density at radius 1 is 1.35 bits per heavy atom. The van der Waals surface area contributed by atoms with Crippen molar-refractivity contribution >= 4 is 0 Å². The van der Waals surface area contributed by atoms with Crippen LogP contribution in [0.1, 0.15) is 43.5 Å². The van der Waals surface area contributed by atoms with E-state index in [1.54, 1.807) is 0 Å². The third-order valence-corrected chi connectivity index (χ3v) is 4.35. The van der Waals surface area contributed by atoms with Crippen molar-refractivity contribution in [1.82, 2.24) is 15.0 Å². The van der Waals surface area contributed by atoms with Gasteiger partial charge < -0.3 is 19.3 Å². The van der Waals surface area contributed by atoms with Gasteiger partial charge in [-0.3, -0.25) is 0 Å². The fraction of sp³-hybridized carbons (Fsp3) is 0.857. The molecule has 1 aromatic rings. The van der Waals surface area contributed by atoms with Gasteiger partial charge in [-0.1, -0.05) is 18.0 Å². The summed E-state index contributed by atoms with van der Waals surface area (Å²) in [5.41, 5.74) is 0. The number of ether oxygens (including phenoxy) is 1. The van der Waals surface area contributed by atoms with Gasteiger partial charge in [-0.05, 0) is 25.8 Å². The van der Waals surface area contributed by atoms with Gasteiger partial charge in [-0.25, -0.2) is 0 Å². The largest absolute Gasteiger partial charge is 0.393 e. The lowest BCUT2D eigenvalue weighted by molar-refractivity contribution is -0.0264. The average Bonchev–Trinajstić information content (AvgIpc) is 2.90. The number of hydrogen-bond donors (Lipinski definition) is 1. The molecule has 3 rings (SSSR count). The Hall–Kier alpha value is -0.980. The lowest BCUT2D eigenvalue weighted by Crippen LogP contribution is -2.35. The van der Waals surface area contributed by atoms with Gasteiger partial charge in [0, 0.05) is 19.5 Å². The first-order chi connectivity index (χ1) is 9.72. The van der Waals surface area contributed by atoms with Crippen LogP contribution in [0.4, 0.5) is 0 Å². The van der Waals surface area contributed by atoms with E-state index < -0.39 is 0 Å². The lowest BCUT2D eigenvalue weighted by atomic mass is 9.84. The minimum Gasteiger partial charge on any atom is -0.393 e. The molecular weight excluding hydrogens is 258 g/mol. The molecule has 1 N–H and O–H groups in total. The molecule has 2 aliphatic rings. The maximum absolute atomic E-state index is 10.00. The second-order valence-electron chi connectivity index (χ2n) is 5.98. The maximum Gasteiger partial charge on any atom is 0.227 e. The van der Waals surface area contributed by atoms with Gasteiger partial charge in [-0.2, -0.15) is 4.98 Å². The van der Waals surface area contributed by atoms with Crippen LogP contribution in [0, 0.1) is 5.92 Å². The van der Waals surface area contributed by atoms with E-state index in [0.717, 1.165) is 32.4 Å². The summed E-state index contributed by atoms with van der Waals surface area (Å²) in [4.78, 5) is 6.66. The number of rotatable bonds is 3. The zero-order valence-corrected chi connectivity index (χ0v) is 12.0. The number of likely N-dealkylation sites (N-methyl/N-ethyl adjacent to an activating group) is 1. The number of morpholine rings is 1. The van der Waals surface area contributed by atoms with E-state index in [9.17, 15) is 5.11 Å². The Labute approximate surface area is 119 Å². The fourth-order valence-electron chi connectivity index (χ4n) is 3.07. The summed E-state index contributed by atoms with van der Waals surface area (Å²) in [7, 11) is 2.06. The molecule has 0 amide bonds. The van der Waals surface area contributed by atoms with Crippen molar-refractivity contribution in [3.05, 3.63) is 11.7 Å². The lowest BCUT2D eigenvalue weighted by Gasteiger charge is -2.27. The molecule has 3 unspecified atom stereocenters. The monoisotopic (exact) mass is 281 g/mol. The Kier molecular flexibility index (Phi) is 4.33. The highest BCUT2D eigenvalue weighted by Gasteiger charge is 2.28. The number of hydrogen-bond acceptors (Lipinski definition) is 6. The topological polar surface area (TPSA) is 71.6 Å². The van der Waals surface area contributed by atoms with Crippen molar-refractivity contribution in [2.24, 2.45) is 5.92 Å². The average molecular weight is 281 g/mol. The van der Waals surface area contributed by atoms with E-state index in [2.05, 4.69) is 22.1 Å². The van der Waals surface area contributed by atoms with Gasteiger partial charge in [0.2, 0.25) is 11.7 Å². The molecule has 1 aliphatic heterocycles. The molecular formula is C14H23N3O3. The van der Waals surface area contributed by atoms with Gasteiger partial charge in [0.1, 0.15) is 6.10 Å². The SMILES string of the molecule is CN1CCOC(c2noc(CC3CCCCC3O)n2)C1. The van der Waals surface area contributed by atoms with E-state index in [-0.39, 0.29) is 18.1 Å². The summed E-state index contributed by atoms with van der Waals surface area (Å²) < 4.78 is 11.0. The van der Waals surface area contributed by atoms with Gasteiger partial charge in [0.15, 0.2) is 0 Å². The van der Waals surface area contributed by atoms with Gasteiger partial charge in [0.05, 0.1) is 12.7 Å².